The Labute approximate surface area is 82.0 Å². The average molecular weight is 214 g/mol. The van der Waals surface area contributed by atoms with Crippen LogP contribution in [-0.2, 0) is 10.0 Å². The van der Waals surface area contributed by atoms with Crippen molar-refractivity contribution in [1.82, 2.24) is 4.98 Å². The predicted molar refractivity (Wildman–Crippen MR) is 49.3 cm³/mol. The predicted octanol–water partition coefficient (Wildman–Crippen LogP) is 0.270. The van der Waals surface area contributed by atoms with E-state index in [1.807, 2.05) is 0 Å². The summed E-state index contributed by atoms with van der Waals surface area (Å²) < 4.78 is 27.6. The van der Waals surface area contributed by atoms with Gasteiger partial charge in [-0.3, -0.25) is 4.98 Å². The van der Waals surface area contributed by atoms with Gasteiger partial charge in [-0.05, 0) is 18.9 Å². The first-order chi connectivity index (χ1) is 6.57. The molecule has 1 aliphatic rings. The first-order valence-electron chi connectivity index (χ1n) is 4.21. The van der Waals surface area contributed by atoms with Crippen molar-refractivity contribution in [3.63, 3.8) is 0 Å². The second-order valence-corrected chi connectivity index (χ2v) is 4.71. The summed E-state index contributed by atoms with van der Waals surface area (Å²) in [5.74, 6) is 0.296. The van der Waals surface area contributed by atoms with E-state index in [-0.39, 0.29) is 11.0 Å². The number of ether oxygens (including phenoxy) is 1. The minimum Gasteiger partial charge on any atom is -0.489 e. The lowest BCUT2D eigenvalue weighted by molar-refractivity contribution is 0.294. The Bertz CT molecular complexity index is 440. The quantitative estimate of drug-likeness (QED) is 0.783. The van der Waals surface area contributed by atoms with E-state index in [0.717, 1.165) is 12.8 Å². The second-order valence-electron chi connectivity index (χ2n) is 3.18. The van der Waals surface area contributed by atoms with Gasteiger partial charge in [-0.2, -0.15) is 0 Å². The summed E-state index contributed by atoms with van der Waals surface area (Å²) in [7, 11) is -3.74. The first-order valence-corrected chi connectivity index (χ1v) is 5.75. The zero-order valence-electron chi connectivity index (χ0n) is 7.38. The maximum atomic E-state index is 11.1. The van der Waals surface area contributed by atoms with Gasteiger partial charge < -0.3 is 4.74 Å². The summed E-state index contributed by atoms with van der Waals surface area (Å²) in [6, 6.07) is 1.51. The van der Waals surface area contributed by atoms with Crippen LogP contribution in [0.1, 0.15) is 12.8 Å². The third-order valence-electron chi connectivity index (χ3n) is 1.87. The van der Waals surface area contributed by atoms with Crippen LogP contribution in [0.4, 0.5) is 0 Å². The van der Waals surface area contributed by atoms with Gasteiger partial charge in [0.2, 0.25) is 10.0 Å². The number of rotatable bonds is 3. The van der Waals surface area contributed by atoms with Crippen molar-refractivity contribution >= 4 is 10.0 Å². The molecule has 0 spiro atoms. The second kappa shape index (κ2) is 3.21. The van der Waals surface area contributed by atoms with Crippen LogP contribution in [0.15, 0.2) is 23.4 Å². The Morgan fingerprint density at radius 3 is 2.79 bits per heavy atom. The minimum absolute atomic E-state index is 0.0492. The molecule has 6 heteroatoms. The number of hydrogen-bond acceptors (Lipinski definition) is 4. The number of sulfonamides is 1. The molecule has 0 saturated heterocycles. The van der Waals surface area contributed by atoms with E-state index < -0.39 is 10.0 Å². The molecular weight excluding hydrogens is 204 g/mol. The monoisotopic (exact) mass is 214 g/mol. The molecule has 1 aliphatic carbocycles. The number of nitrogens with two attached hydrogens (primary N) is 1. The van der Waals surface area contributed by atoms with Crippen molar-refractivity contribution in [3.8, 4) is 5.75 Å². The molecule has 76 valence electrons. The molecule has 0 amide bonds. The van der Waals surface area contributed by atoms with E-state index in [1.165, 1.54) is 18.5 Å². The van der Waals surface area contributed by atoms with Crippen molar-refractivity contribution in [2.45, 2.75) is 23.8 Å². The topological polar surface area (TPSA) is 82.3 Å². The fraction of sp³-hybridized carbons (Fsp3) is 0.375. The van der Waals surface area contributed by atoms with Gasteiger partial charge in [-0.15, -0.1) is 0 Å². The number of hydrogen-bond donors (Lipinski definition) is 1. The molecule has 0 radical (unpaired) electrons. The number of pyridine rings is 1. The standard InChI is InChI=1S/C8H10N2O3S/c9-14(11,12)8-5-10-4-3-7(8)13-6-1-2-6/h3-6H,1-2H2,(H2,9,11,12). The van der Waals surface area contributed by atoms with Crippen molar-refractivity contribution in [2.75, 3.05) is 0 Å². The Kier molecular flexibility index (Phi) is 2.16. The molecule has 14 heavy (non-hydrogen) atoms. The molecule has 2 rings (SSSR count). The molecular formula is C8H10N2O3S. The fourth-order valence-corrected chi connectivity index (χ4v) is 1.65. The summed E-state index contributed by atoms with van der Waals surface area (Å²) in [5, 5.41) is 5.01. The van der Waals surface area contributed by atoms with Crippen LogP contribution >= 0.6 is 0 Å². The molecule has 1 fully saturated rings. The van der Waals surface area contributed by atoms with Crippen LogP contribution < -0.4 is 9.88 Å². The van der Waals surface area contributed by atoms with E-state index >= 15 is 0 Å². The van der Waals surface area contributed by atoms with Gasteiger partial charge in [0.05, 0.1) is 12.3 Å². The van der Waals surface area contributed by atoms with Crippen molar-refractivity contribution in [3.05, 3.63) is 18.5 Å². The van der Waals surface area contributed by atoms with Crippen LogP contribution in [0.25, 0.3) is 0 Å². The minimum atomic E-state index is -3.74. The van der Waals surface area contributed by atoms with Crippen molar-refractivity contribution < 1.29 is 13.2 Å². The number of primary sulfonamides is 1. The lowest BCUT2D eigenvalue weighted by Crippen LogP contribution is -2.14. The maximum Gasteiger partial charge on any atom is 0.243 e. The molecule has 1 heterocycles. The first kappa shape index (κ1) is 9.42. The van der Waals surface area contributed by atoms with Gasteiger partial charge in [0.1, 0.15) is 10.6 Å². The lowest BCUT2D eigenvalue weighted by atomic mass is 10.4. The van der Waals surface area contributed by atoms with Gasteiger partial charge >= 0.3 is 0 Å². The SMILES string of the molecule is NS(=O)(=O)c1cnccc1OC1CC1. The largest absolute Gasteiger partial charge is 0.489 e. The van der Waals surface area contributed by atoms with E-state index in [9.17, 15) is 8.42 Å². The zero-order valence-corrected chi connectivity index (χ0v) is 8.20. The van der Waals surface area contributed by atoms with E-state index in [2.05, 4.69) is 4.98 Å². The fourth-order valence-electron chi connectivity index (χ4n) is 1.04. The Morgan fingerprint density at radius 1 is 1.50 bits per heavy atom. The zero-order chi connectivity index (χ0) is 10.2. The molecule has 0 unspecified atom stereocenters. The normalized spacial score (nSPS) is 16.6. The number of aromatic nitrogens is 1. The van der Waals surface area contributed by atoms with Crippen LogP contribution in [0.2, 0.25) is 0 Å². The van der Waals surface area contributed by atoms with Gasteiger partial charge in [-0.1, -0.05) is 0 Å². The lowest BCUT2D eigenvalue weighted by Gasteiger charge is -2.07. The molecule has 1 aromatic rings. The molecule has 1 aromatic heterocycles. The smallest absolute Gasteiger partial charge is 0.243 e. The van der Waals surface area contributed by atoms with E-state index in [4.69, 9.17) is 9.88 Å². The molecule has 0 aliphatic heterocycles. The molecule has 0 aromatic carbocycles. The summed E-state index contributed by atoms with van der Waals surface area (Å²) >= 11 is 0. The van der Waals surface area contributed by atoms with Crippen molar-refractivity contribution in [2.24, 2.45) is 5.14 Å². The summed E-state index contributed by atoms with van der Waals surface area (Å²) in [6.07, 6.45) is 4.75. The molecule has 1 saturated carbocycles. The van der Waals surface area contributed by atoms with Gasteiger partial charge in [0.25, 0.3) is 0 Å². The van der Waals surface area contributed by atoms with Gasteiger partial charge in [0.15, 0.2) is 0 Å². The molecule has 5 nitrogen and oxygen atoms in total. The van der Waals surface area contributed by atoms with Crippen LogP contribution in [-0.4, -0.2) is 19.5 Å². The van der Waals surface area contributed by atoms with Crippen LogP contribution in [0.5, 0.6) is 5.75 Å². The summed E-state index contributed by atoms with van der Waals surface area (Å²) in [6.45, 7) is 0. The third kappa shape index (κ3) is 2.02. The Balaban J connectivity index is 2.37. The highest BCUT2D eigenvalue weighted by molar-refractivity contribution is 7.89. The van der Waals surface area contributed by atoms with Gasteiger partial charge in [0, 0.05) is 6.20 Å². The van der Waals surface area contributed by atoms with Crippen molar-refractivity contribution in [1.29, 1.82) is 0 Å². The summed E-state index contributed by atoms with van der Waals surface area (Å²) in [4.78, 5) is 3.65. The average Bonchev–Trinajstić information content (AvgIpc) is 2.87. The van der Waals surface area contributed by atoms with E-state index in [1.54, 1.807) is 0 Å². The molecule has 2 N–H and O–H groups in total. The Hall–Kier alpha value is -1.14. The highest BCUT2D eigenvalue weighted by Crippen LogP contribution is 2.29. The molecule has 0 atom stereocenters. The highest BCUT2D eigenvalue weighted by atomic mass is 32.2. The summed E-state index contributed by atoms with van der Waals surface area (Å²) in [5.41, 5.74) is 0. The number of nitrogens with zero attached hydrogens (tertiary/aromatic N) is 1. The van der Waals surface area contributed by atoms with Crippen LogP contribution in [0, 0.1) is 0 Å². The third-order valence-corrected chi connectivity index (χ3v) is 2.79. The van der Waals surface area contributed by atoms with Crippen LogP contribution in [0.3, 0.4) is 0 Å². The highest BCUT2D eigenvalue weighted by Gasteiger charge is 2.26. The Morgan fingerprint density at radius 2 is 2.21 bits per heavy atom. The molecule has 0 bridgehead atoms. The van der Waals surface area contributed by atoms with Gasteiger partial charge in [-0.25, -0.2) is 13.6 Å². The van der Waals surface area contributed by atoms with E-state index in [0.29, 0.717) is 5.75 Å². The maximum absolute atomic E-state index is 11.1.